The lowest BCUT2D eigenvalue weighted by molar-refractivity contribution is -0.117. The summed E-state index contributed by atoms with van der Waals surface area (Å²) >= 11 is 5.43. The van der Waals surface area contributed by atoms with Crippen LogP contribution >= 0.6 is 11.6 Å². The molecular formula is C10H17ClO2. The number of carbonyl (C=O) groups is 1. The van der Waals surface area contributed by atoms with Crippen molar-refractivity contribution in [3.63, 3.8) is 0 Å². The molecule has 0 saturated heterocycles. The van der Waals surface area contributed by atoms with Crippen LogP contribution in [0.25, 0.3) is 0 Å². The Morgan fingerprint density at radius 2 is 1.85 bits per heavy atom. The number of ether oxygens (including phenoxy) is 1. The van der Waals surface area contributed by atoms with Gasteiger partial charge >= 0.3 is 0 Å². The maximum absolute atomic E-state index is 10.9. The molecule has 0 radical (unpaired) electrons. The normalized spacial score (nSPS) is 29.2. The van der Waals surface area contributed by atoms with E-state index in [9.17, 15) is 4.79 Å². The smallest absolute Gasteiger partial charge is 0.224 e. The van der Waals surface area contributed by atoms with Crippen molar-refractivity contribution < 1.29 is 9.53 Å². The van der Waals surface area contributed by atoms with Gasteiger partial charge in [-0.25, -0.2) is 0 Å². The van der Waals surface area contributed by atoms with E-state index in [1.54, 1.807) is 0 Å². The third-order valence-electron chi connectivity index (χ3n) is 2.46. The minimum absolute atomic E-state index is 0.0775. The van der Waals surface area contributed by atoms with Crippen molar-refractivity contribution in [2.45, 2.75) is 51.7 Å². The predicted octanol–water partition coefficient (Wildman–Crippen LogP) is 2.74. The van der Waals surface area contributed by atoms with Gasteiger partial charge in [0.05, 0.1) is 12.2 Å². The van der Waals surface area contributed by atoms with Crippen LogP contribution in [0.4, 0.5) is 0 Å². The molecule has 1 rings (SSSR count). The summed E-state index contributed by atoms with van der Waals surface area (Å²) in [7, 11) is 0. The van der Waals surface area contributed by atoms with Gasteiger partial charge in [-0.15, -0.1) is 0 Å². The molecule has 76 valence electrons. The molecule has 1 aliphatic rings. The first kappa shape index (κ1) is 11.0. The van der Waals surface area contributed by atoms with Crippen LogP contribution < -0.4 is 0 Å². The topological polar surface area (TPSA) is 26.3 Å². The first-order valence-electron chi connectivity index (χ1n) is 4.94. The second-order valence-electron chi connectivity index (χ2n) is 3.96. The van der Waals surface area contributed by atoms with Crippen LogP contribution in [0, 0.1) is 5.92 Å². The predicted molar refractivity (Wildman–Crippen MR) is 52.8 cm³/mol. The van der Waals surface area contributed by atoms with Crippen molar-refractivity contribution in [3.8, 4) is 0 Å². The number of halogens is 1. The van der Waals surface area contributed by atoms with E-state index >= 15 is 0 Å². The second kappa shape index (κ2) is 4.97. The van der Waals surface area contributed by atoms with Crippen LogP contribution in [0.15, 0.2) is 0 Å². The van der Waals surface area contributed by atoms with Crippen LogP contribution in [0.5, 0.6) is 0 Å². The van der Waals surface area contributed by atoms with Crippen molar-refractivity contribution in [2.24, 2.45) is 5.92 Å². The van der Waals surface area contributed by atoms with Crippen LogP contribution in [0.1, 0.15) is 39.5 Å². The van der Waals surface area contributed by atoms with Gasteiger partial charge in [-0.05, 0) is 51.1 Å². The van der Waals surface area contributed by atoms with E-state index in [2.05, 4.69) is 0 Å². The molecule has 0 unspecified atom stereocenters. The highest BCUT2D eigenvalue weighted by Crippen LogP contribution is 2.28. The van der Waals surface area contributed by atoms with Gasteiger partial charge in [0.25, 0.3) is 0 Å². The zero-order valence-corrected chi connectivity index (χ0v) is 9.01. The Kier molecular flexibility index (Phi) is 4.20. The summed E-state index contributed by atoms with van der Waals surface area (Å²) in [6.07, 6.45) is 4.35. The van der Waals surface area contributed by atoms with Gasteiger partial charge in [-0.3, -0.25) is 4.79 Å². The van der Waals surface area contributed by atoms with Gasteiger partial charge < -0.3 is 4.74 Å². The van der Waals surface area contributed by atoms with Crippen molar-refractivity contribution in [2.75, 3.05) is 0 Å². The lowest BCUT2D eigenvalue weighted by atomic mass is 9.88. The molecule has 0 spiro atoms. The molecule has 0 amide bonds. The zero-order chi connectivity index (χ0) is 9.84. The van der Waals surface area contributed by atoms with E-state index in [0.29, 0.717) is 6.10 Å². The van der Waals surface area contributed by atoms with Gasteiger partial charge in [0.15, 0.2) is 0 Å². The van der Waals surface area contributed by atoms with E-state index < -0.39 is 0 Å². The van der Waals surface area contributed by atoms with E-state index in [1.807, 2.05) is 13.8 Å². The lowest BCUT2D eigenvalue weighted by Gasteiger charge is -2.27. The van der Waals surface area contributed by atoms with Crippen LogP contribution in [-0.2, 0) is 9.53 Å². The Hall–Kier alpha value is -0.0800. The fraction of sp³-hybridized carbons (Fsp3) is 0.900. The molecule has 0 atom stereocenters. The molecule has 2 nitrogen and oxygen atoms in total. The van der Waals surface area contributed by atoms with Crippen molar-refractivity contribution >= 4 is 16.8 Å². The Bertz CT molecular complexity index is 172. The third kappa shape index (κ3) is 3.65. The number of hydrogen-bond acceptors (Lipinski definition) is 2. The molecular weight excluding hydrogens is 188 g/mol. The van der Waals surface area contributed by atoms with Crippen molar-refractivity contribution in [1.29, 1.82) is 0 Å². The first-order valence-corrected chi connectivity index (χ1v) is 5.32. The maximum Gasteiger partial charge on any atom is 0.224 e. The summed E-state index contributed by atoms with van der Waals surface area (Å²) in [5, 5.41) is -0.178. The van der Waals surface area contributed by atoms with Gasteiger partial charge in [-0.2, -0.15) is 0 Å². The standard InChI is InChI=1S/C10H17ClO2/c1-7(2)13-9-5-3-8(4-6-9)10(11)12/h7-9H,3-6H2,1-2H3. The van der Waals surface area contributed by atoms with Gasteiger partial charge in [0, 0.05) is 5.92 Å². The van der Waals surface area contributed by atoms with Crippen LogP contribution in [-0.4, -0.2) is 17.5 Å². The maximum atomic E-state index is 10.9. The molecule has 0 aromatic heterocycles. The molecule has 0 aromatic rings. The van der Waals surface area contributed by atoms with Crippen molar-refractivity contribution in [3.05, 3.63) is 0 Å². The number of carbonyl (C=O) groups excluding carboxylic acids is 1. The highest BCUT2D eigenvalue weighted by atomic mass is 35.5. The summed E-state index contributed by atoms with van der Waals surface area (Å²) < 4.78 is 5.66. The van der Waals surface area contributed by atoms with Crippen LogP contribution in [0.3, 0.4) is 0 Å². The molecule has 13 heavy (non-hydrogen) atoms. The van der Waals surface area contributed by atoms with E-state index in [0.717, 1.165) is 25.7 Å². The third-order valence-corrected chi connectivity index (χ3v) is 2.77. The molecule has 0 N–H and O–H groups in total. The Morgan fingerprint density at radius 3 is 2.23 bits per heavy atom. The molecule has 0 aliphatic heterocycles. The highest BCUT2D eigenvalue weighted by Gasteiger charge is 2.25. The first-order chi connectivity index (χ1) is 6.09. The fourth-order valence-corrected chi connectivity index (χ4v) is 2.03. The summed E-state index contributed by atoms with van der Waals surface area (Å²) in [6, 6.07) is 0. The van der Waals surface area contributed by atoms with Crippen LogP contribution in [0.2, 0.25) is 0 Å². The number of rotatable bonds is 3. The molecule has 1 fully saturated rings. The van der Waals surface area contributed by atoms with E-state index in [4.69, 9.17) is 16.3 Å². The van der Waals surface area contributed by atoms with E-state index in [-0.39, 0.29) is 17.3 Å². The average Bonchev–Trinajstić information content (AvgIpc) is 2.04. The molecule has 1 aliphatic carbocycles. The van der Waals surface area contributed by atoms with Crippen molar-refractivity contribution in [1.82, 2.24) is 0 Å². The van der Waals surface area contributed by atoms with Gasteiger partial charge in [0.1, 0.15) is 0 Å². The molecule has 0 bridgehead atoms. The molecule has 1 saturated carbocycles. The summed E-state index contributed by atoms with van der Waals surface area (Å²) in [5.74, 6) is 0.0775. The summed E-state index contributed by atoms with van der Waals surface area (Å²) in [6.45, 7) is 4.08. The number of hydrogen-bond donors (Lipinski definition) is 0. The Labute approximate surface area is 84.6 Å². The minimum Gasteiger partial charge on any atom is -0.376 e. The molecule has 3 heteroatoms. The SMILES string of the molecule is CC(C)OC1CCC(C(=O)Cl)CC1. The summed E-state index contributed by atoms with van der Waals surface area (Å²) in [4.78, 5) is 10.9. The monoisotopic (exact) mass is 204 g/mol. The largest absolute Gasteiger partial charge is 0.376 e. The van der Waals surface area contributed by atoms with E-state index in [1.165, 1.54) is 0 Å². The Balaban J connectivity index is 2.26. The molecule has 0 aromatic carbocycles. The average molecular weight is 205 g/mol. The second-order valence-corrected chi connectivity index (χ2v) is 4.34. The summed E-state index contributed by atoms with van der Waals surface area (Å²) in [5.41, 5.74) is 0. The lowest BCUT2D eigenvalue weighted by Crippen LogP contribution is -2.26. The quantitative estimate of drug-likeness (QED) is 0.661. The van der Waals surface area contributed by atoms with Gasteiger partial charge in [-0.1, -0.05) is 0 Å². The highest BCUT2D eigenvalue weighted by molar-refractivity contribution is 6.63. The Morgan fingerprint density at radius 1 is 1.31 bits per heavy atom. The van der Waals surface area contributed by atoms with Gasteiger partial charge in [0.2, 0.25) is 5.24 Å². The fourth-order valence-electron chi connectivity index (χ4n) is 1.81. The zero-order valence-electron chi connectivity index (χ0n) is 8.25. The minimum atomic E-state index is -0.178. The molecule has 0 heterocycles.